The third kappa shape index (κ3) is 8.65. The van der Waals surface area contributed by atoms with Crippen LogP contribution in [0.1, 0.15) is 13.3 Å². The van der Waals surface area contributed by atoms with Crippen molar-refractivity contribution in [2.45, 2.75) is 13.3 Å². The van der Waals surface area contributed by atoms with E-state index in [0.29, 0.717) is 13.1 Å². The molecular weight excluding hydrogens is 224 g/mol. The minimum Gasteiger partial charge on any atom is -0.480 e. The molecule has 100 valence electrons. The van der Waals surface area contributed by atoms with Gasteiger partial charge in [-0.2, -0.15) is 0 Å². The SMILES string of the molecule is CCCN(CCN(C)C)C(=O)COCC(=O)O. The normalized spacial score (nSPS) is 10.6. The minimum absolute atomic E-state index is 0.157. The third-order valence-corrected chi connectivity index (χ3v) is 2.11. The van der Waals surface area contributed by atoms with E-state index in [1.54, 1.807) is 4.90 Å². The summed E-state index contributed by atoms with van der Waals surface area (Å²) in [4.78, 5) is 25.6. The number of amides is 1. The number of ether oxygens (including phenoxy) is 1. The van der Waals surface area contributed by atoms with Crippen LogP contribution in [0.2, 0.25) is 0 Å². The van der Waals surface area contributed by atoms with Gasteiger partial charge in [-0.15, -0.1) is 0 Å². The first-order valence-electron chi connectivity index (χ1n) is 5.69. The van der Waals surface area contributed by atoms with Crippen molar-refractivity contribution >= 4 is 11.9 Å². The third-order valence-electron chi connectivity index (χ3n) is 2.11. The zero-order valence-electron chi connectivity index (χ0n) is 10.8. The molecule has 0 bridgehead atoms. The van der Waals surface area contributed by atoms with Gasteiger partial charge in [0.25, 0.3) is 0 Å². The van der Waals surface area contributed by atoms with Crippen LogP contribution in [0.5, 0.6) is 0 Å². The number of hydrogen-bond donors (Lipinski definition) is 1. The van der Waals surface area contributed by atoms with E-state index < -0.39 is 12.6 Å². The highest BCUT2D eigenvalue weighted by atomic mass is 16.5. The van der Waals surface area contributed by atoms with Crippen LogP contribution in [-0.2, 0) is 14.3 Å². The van der Waals surface area contributed by atoms with Gasteiger partial charge in [0.05, 0.1) is 0 Å². The van der Waals surface area contributed by atoms with Gasteiger partial charge >= 0.3 is 5.97 Å². The van der Waals surface area contributed by atoms with E-state index in [-0.39, 0.29) is 12.5 Å². The lowest BCUT2D eigenvalue weighted by molar-refractivity contribution is -0.145. The Labute approximate surface area is 102 Å². The number of nitrogens with zero attached hydrogens (tertiary/aromatic N) is 2. The smallest absolute Gasteiger partial charge is 0.329 e. The topological polar surface area (TPSA) is 70.1 Å². The van der Waals surface area contributed by atoms with E-state index >= 15 is 0 Å². The fourth-order valence-electron chi connectivity index (χ4n) is 1.27. The first-order valence-corrected chi connectivity index (χ1v) is 5.69. The molecule has 0 fully saturated rings. The van der Waals surface area contributed by atoms with Crippen molar-refractivity contribution in [3.05, 3.63) is 0 Å². The molecule has 0 spiro atoms. The number of aliphatic carboxylic acids is 1. The van der Waals surface area contributed by atoms with Crippen molar-refractivity contribution in [3.8, 4) is 0 Å². The molecule has 0 aliphatic rings. The van der Waals surface area contributed by atoms with Crippen molar-refractivity contribution in [1.82, 2.24) is 9.80 Å². The maximum absolute atomic E-state index is 11.7. The average molecular weight is 246 g/mol. The second-order valence-electron chi connectivity index (χ2n) is 4.07. The molecule has 0 atom stereocenters. The van der Waals surface area contributed by atoms with E-state index in [0.717, 1.165) is 13.0 Å². The van der Waals surface area contributed by atoms with Gasteiger partial charge < -0.3 is 19.6 Å². The molecule has 0 saturated carbocycles. The molecule has 6 heteroatoms. The summed E-state index contributed by atoms with van der Waals surface area (Å²) in [7, 11) is 3.88. The van der Waals surface area contributed by atoms with Crippen molar-refractivity contribution in [1.29, 1.82) is 0 Å². The van der Waals surface area contributed by atoms with E-state index in [9.17, 15) is 9.59 Å². The van der Waals surface area contributed by atoms with Crippen LogP contribution < -0.4 is 0 Å². The Morgan fingerprint density at radius 2 is 1.76 bits per heavy atom. The standard InChI is InChI=1S/C11H22N2O4/c1-4-5-13(7-6-12(2)3)10(14)8-17-9-11(15)16/h4-9H2,1-3H3,(H,15,16). The van der Waals surface area contributed by atoms with Gasteiger partial charge in [0.15, 0.2) is 0 Å². The summed E-state index contributed by atoms with van der Waals surface area (Å²) in [6, 6.07) is 0. The van der Waals surface area contributed by atoms with Gasteiger partial charge in [-0.25, -0.2) is 4.79 Å². The maximum Gasteiger partial charge on any atom is 0.329 e. The Morgan fingerprint density at radius 3 is 2.24 bits per heavy atom. The predicted molar refractivity (Wildman–Crippen MR) is 63.9 cm³/mol. The highest BCUT2D eigenvalue weighted by molar-refractivity contribution is 5.78. The summed E-state index contributed by atoms with van der Waals surface area (Å²) < 4.78 is 4.79. The first-order chi connectivity index (χ1) is 7.97. The Balaban J connectivity index is 4.00. The highest BCUT2D eigenvalue weighted by Gasteiger charge is 2.13. The molecule has 0 saturated heterocycles. The molecule has 0 aliphatic carbocycles. The summed E-state index contributed by atoms with van der Waals surface area (Å²) >= 11 is 0. The summed E-state index contributed by atoms with van der Waals surface area (Å²) in [5.74, 6) is -1.22. The van der Waals surface area contributed by atoms with Crippen molar-refractivity contribution in [2.75, 3.05) is 46.9 Å². The highest BCUT2D eigenvalue weighted by Crippen LogP contribution is 1.95. The molecule has 6 nitrogen and oxygen atoms in total. The number of rotatable bonds is 9. The molecule has 0 aromatic carbocycles. The lowest BCUT2D eigenvalue weighted by Crippen LogP contribution is -2.39. The second-order valence-corrected chi connectivity index (χ2v) is 4.07. The lowest BCUT2D eigenvalue weighted by Gasteiger charge is -2.23. The van der Waals surface area contributed by atoms with E-state index in [4.69, 9.17) is 9.84 Å². The van der Waals surface area contributed by atoms with Crippen LogP contribution in [0.15, 0.2) is 0 Å². The summed E-state index contributed by atoms with van der Waals surface area (Å²) in [6.45, 7) is 3.48. The maximum atomic E-state index is 11.7. The number of likely N-dealkylation sites (N-methyl/N-ethyl adjacent to an activating group) is 1. The fraction of sp³-hybridized carbons (Fsp3) is 0.818. The van der Waals surface area contributed by atoms with Crippen LogP contribution in [-0.4, -0.2) is 73.7 Å². The molecule has 0 heterocycles. The Hall–Kier alpha value is -1.14. The average Bonchev–Trinajstić information content (AvgIpc) is 2.23. The number of carbonyl (C=O) groups is 2. The van der Waals surface area contributed by atoms with Gasteiger partial charge in [0.2, 0.25) is 5.91 Å². The van der Waals surface area contributed by atoms with Crippen LogP contribution in [0.25, 0.3) is 0 Å². The molecule has 0 aromatic rings. The molecule has 0 unspecified atom stereocenters. The fourth-order valence-corrected chi connectivity index (χ4v) is 1.27. The van der Waals surface area contributed by atoms with Gasteiger partial charge in [-0.3, -0.25) is 4.79 Å². The Morgan fingerprint density at radius 1 is 1.12 bits per heavy atom. The molecule has 0 radical (unpaired) electrons. The van der Waals surface area contributed by atoms with Crippen LogP contribution in [0.4, 0.5) is 0 Å². The summed E-state index contributed by atoms with van der Waals surface area (Å²) in [6.07, 6.45) is 0.873. The first kappa shape index (κ1) is 15.9. The van der Waals surface area contributed by atoms with Gasteiger partial charge in [0.1, 0.15) is 13.2 Å². The summed E-state index contributed by atoms with van der Waals surface area (Å²) in [5, 5.41) is 8.39. The molecule has 0 aromatic heterocycles. The van der Waals surface area contributed by atoms with Crippen molar-refractivity contribution in [3.63, 3.8) is 0 Å². The number of hydrogen-bond acceptors (Lipinski definition) is 4. The van der Waals surface area contributed by atoms with E-state index in [1.165, 1.54) is 0 Å². The number of carbonyl (C=O) groups excluding carboxylic acids is 1. The van der Waals surface area contributed by atoms with Gasteiger partial charge in [-0.05, 0) is 20.5 Å². The predicted octanol–water partition coefficient (Wildman–Crippen LogP) is -0.112. The molecule has 1 N–H and O–H groups in total. The second kappa shape index (κ2) is 8.95. The zero-order valence-corrected chi connectivity index (χ0v) is 10.8. The monoisotopic (exact) mass is 246 g/mol. The van der Waals surface area contributed by atoms with E-state index in [2.05, 4.69) is 0 Å². The Kier molecular flexibility index (Phi) is 8.35. The van der Waals surface area contributed by atoms with Crippen LogP contribution >= 0.6 is 0 Å². The minimum atomic E-state index is -1.06. The Bertz CT molecular complexity index is 244. The van der Waals surface area contributed by atoms with Crippen LogP contribution in [0, 0.1) is 0 Å². The molecule has 0 aliphatic heterocycles. The quantitative estimate of drug-likeness (QED) is 0.614. The van der Waals surface area contributed by atoms with Crippen molar-refractivity contribution < 1.29 is 19.4 Å². The lowest BCUT2D eigenvalue weighted by atomic mass is 10.3. The largest absolute Gasteiger partial charge is 0.480 e. The molecule has 0 rings (SSSR count). The molecule has 17 heavy (non-hydrogen) atoms. The summed E-state index contributed by atoms with van der Waals surface area (Å²) in [5.41, 5.74) is 0. The molecular formula is C11H22N2O4. The van der Waals surface area contributed by atoms with E-state index in [1.807, 2.05) is 25.9 Å². The molecule has 1 amide bonds. The number of carboxylic acids is 1. The zero-order chi connectivity index (χ0) is 13.3. The van der Waals surface area contributed by atoms with Gasteiger partial charge in [0, 0.05) is 19.6 Å². The van der Waals surface area contributed by atoms with Gasteiger partial charge in [-0.1, -0.05) is 6.92 Å². The van der Waals surface area contributed by atoms with Crippen LogP contribution in [0.3, 0.4) is 0 Å². The van der Waals surface area contributed by atoms with Crippen molar-refractivity contribution in [2.24, 2.45) is 0 Å². The number of carboxylic acid groups (broad SMARTS) is 1.